The summed E-state index contributed by atoms with van der Waals surface area (Å²) in [5.74, 6) is -0.225. The van der Waals surface area contributed by atoms with Crippen molar-refractivity contribution in [3.63, 3.8) is 0 Å². The molecule has 0 radical (unpaired) electrons. The highest BCUT2D eigenvalue weighted by atomic mass is 16.2. The fraction of sp³-hybridized carbons (Fsp3) is 0.350. The fourth-order valence-corrected chi connectivity index (χ4v) is 4.20. The second kappa shape index (κ2) is 5.76. The number of benzene rings is 1. The number of nitrogens with one attached hydrogen (secondary N) is 1. The zero-order chi connectivity index (χ0) is 19.6. The van der Waals surface area contributed by atoms with Gasteiger partial charge in [-0.1, -0.05) is 13.8 Å². The molecule has 1 atom stereocenters. The van der Waals surface area contributed by atoms with Gasteiger partial charge in [0.15, 0.2) is 0 Å². The summed E-state index contributed by atoms with van der Waals surface area (Å²) in [6.07, 6.45) is 4.95. The number of fused-ring (bicyclic) bond motifs is 2. The normalized spacial score (nSPS) is 16.1. The van der Waals surface area contributed by atoms with E-state index in [0.29, 0.717) is 35.2 Å². The molecule has 8 heteroatoms. The second-order valence-electron chi connectivity index (χ2n) is 7.72. The number of aromatic nitrogens is 4. The van der Waals surface area contributed by atoms with E-state index >= 15 is 0 Å². The van der Waals surface area contributed by atoms with E-state index in [2.05, 4.69) is 21.0 Å². The van der Waals surface area contributed by atoms with E-state index in [4.69, 9.17) is 5.26 Å². The largest absolute Gasteiger partial charge is 0.346 e. The number of rotatable bonds is 3. The lowest BCUT2D eigenvalue weighted by Crippen LogP contribution is -2.52. The molecule has 1 aliphatic heterocycles. The van der Waals surface area contributed by atoms with Crippen molar-refractivity contribution < 1.29 is 4.79 Å². The van der Waals surface area contributed by atoms with Crippen LogP contribution < -0.4 is 5.43 Å². The molecule has 3 aromatic heterocycles. The van der Waals surface area contributed by atoms with Gasteiger partial charge in [-0.05, 0) is 12.0 Å². The Hall–Kier alpha value is -3.47. The van der Waals surface area contributed by atoms with Crippen molar-refractivity contribution in [1.29, 1.82) is 5.26 Å². The summed E-state index contributed by atoms with van der Waals surface area (Å²) in [6.45, 7) is 4.79. The molecular weight excluding hydrogens is 356 g/mol. The van der Waals surface area contributed by atoms with Gasteiger partial charge in [-0.25, -0.2) is 9.97 Å². The van der Waals surface area contributed by atoms with Crippen molar-refractivity contribution in [2.45, 2.75) is 19.9 Å². The zero-order valence-corrected chi connectivity index (χ0v) is 15.5. The highest BCUT2D eigenvalue weighted by molar-refractivity contribution is 6.18. The number of pyridine rings is 1. The topological polar surface area (TPSA) is 108 Å². The summed E-state index contributed by atoms with van der Waals surface area (Å²) >= 11 is 0. The van der Waals surface area contributed by atoms with Gasteiger partial charge in [-0.3, -0.25) is 9.59 Å². The van der Waals surface area contributed by atoms with Crippen LogP contribution in [0.15, 0.2) is 29.6 Å². The maximum absolute atomic E-state index is 13.3. The molecule has 0 aliphatic carbocycles. The first-order valence-electron chi connectivity index (χ1n) is 9.27. The molecule has 4 heterocycles. The summed E-state index contributed by atoms with van der Waals surface area (Å²) in [5.41, 5.74) is 1.50. The van der Waals surface area contributed by atoms with Crippen molar-refractivity contribution in [3.05, 3.63) is 35.0 Å². The number of amides is 1. The van der Waals surface area contributed by atoms with Crippen LogP contribution in [0.2, 0.25) is 0 Å². The maximum atomic E-state index is 13.3. The Labute approximate surface area is 159 Å². The van der Waals surface area contributed by atoms with Crippen molar-refractivity contribution in [3.8, 4) is 6.07 Å². The molecule has 1 saturated heterocycles. The summed E-state index contributed by atoms with van der Waals surface area (Å²) in [6, 6.07) is 3.53. The summed E-state index contributed by atoms with van der Waals surface area (Å²) < 4.78 is 1.71. The van der Waals surface area contributed by atoms with Gasteiger partial charge in [-0.2, -0.15) is 5.26 Å². The lowest BCUT2D eigenvalue weighted by atomic mass is 9.96. The minimum absolute atomic E-state index is 0.0388. The highest BCUT2D eigenvalue weighted by Gasteiger charge is 2.37. The van der Waals surface area contributed by atoms with E-state index in [9.17, 15) is 9.59 Å². The van der Waals surface area contributed by atoms with Gasteiger partial charge in [0, 0.05) is 36.3 Å². The third-order valence-electron chi connectivity index (χ3n) is 5.64. The molecule has 1 N–H and O–H groups in total. The number of aromatic amines is 1. The van der Waals surface area contributed by atoms with Gasteiger partial charge in [0.2, 0.25) is 11.3 Å². The molecule has 5 rings (SSSR count). The number of nitrogens with zero attached hydrogens (tertiary/aromatic N) is 5. The lowest BCUT2D eigenvalue weighted by molar-refractivity contribution is -0.141. The van der Waals surface area contributed by atoms with Gasteiger partial charge < -0.3 is 14.5 Å². The average Bonchev–Trinajstić information content (AvgIpc) is 3.24. The van der Waals surface area contributed by atoms with Gasteiger partial charge >= 0.3 is 0 Å². The Bertz CT molecular complexity index is 1320. The van der Waals surface area contributed by atoms with Gasteiger partial charge in [0.1, 0.15) is 22.7 Å². The molecule has 28 heavy (non-hydrogen) atoms. The molecule has 1 aromatic carbocycles. The molecule has 0 bridgehead atoms. The first-order chi connectivity index (χ1) is 13.5. The first kappa shape index (κ1) is 16.7. The van der Waals surface area contributed by atoms with Crippen molar-refractivity contribution in [2.75, 3.05) is 13.1 Å². The van der Waals surface area contributed by atoms with Crippen LogP contribution in [0.4, 0.5) is 0 Å². The summed E-state index contributed by atoms with van der Waals surface area (Å²) in [5, 5.41) is 11.1. The molecule has 8 nitrogen and oxygen atoms in total. The van der Waals surface area contributed by atoms with Gasteiger partial charge in [-0.15, -0.1) is 0 Å². The van der Waals surface area contributed by atoms with Crippen molar-refractivity contribution in [1.82, 2.24) is 24.4 Å². The summed E-state index contributed by atoms with van der Waals surface area (Å²) in [4.78, 5) is 39.9. The van der Waals surface area contributed by atoms with Crippen LogP contribution in [0.5, 0.6) is 0 Å². The number of nitriles is 1. The Balaban J connectivity index is 1.72. The smallest absolute Gasteiger partial charge is 0.246 e. The van der Waals surface area contributed by atoms with E-state index < -0.39 is 6.04 Å². The number of hydrogen-bond donors (Lipinski definition) is 1. The number of carbonyl (C=O) groups is 1. The van der Waals surface area contributed by atoms with Crippen LogP contribution >= 0.6 is 0 Å². The summed E-state index contributed by atoms with van der Waals surface area (Å²) in [7, 11) is 0. The molecule has 1 amide bonds. The third kappa shape index (κ3) is 2.10. The minimum atomic E-state index is -0.546. The Morgan fingerprint density at radius 1 is 1.32 bits per heavy atom. The molecule has 0 spiro atoms. The third-order valence-corrected chi connectivity index (χ3v) is 5.64. The minimum Gasteiger partial charge on any atom is -0.346 e. The molecule has 4 aromatic rings. The fourth-order valence-electron chi connectivity index (χ4n) is 4.20. The van der Waals surface area contributed by atoms with Crippen LogP contribution in [-0.2, 0) is 4.79 Å². The van der Waals surface area contributed by atoms with Crippen LogP contribution in [0, 0.1) is 23.2 Å². The van der Waals surface area contributed by atoms with Gasteiger partial charge in [0.25, 0.3) is 0 Å². The predicted molar refractivity (Wildman–Crippen MR) is 104 cm³/mol. The SMILES string of the molecule is CC(C)C(C(=O)N1CC(C#N)C1)n1cnc2c3cc[nH]c4ncc(c(=O)c21)c43. The standard InChI is InChI=1S/C20H18N6O2/c1-10(2)16(20(28)25-7-11(5-21)8-25)26-9-24-15-12-3-4-22-19-14(12)13(6-23-19)18(27)17(15)26/h3-4,6,9-11,16H,7-8H2,1-2H3,(H,22,23). The Kier molecular flexibility index (Phi) is 3.43. The lowest BCUT2D eigenvalue weighted by Gasteiger charge is -2.38. The Morgan fingerprint density at radius 2 is 2.11 bits per heavy atom. The number of H-pyrrole nitrogens is 1. The van der Waals surface area contributed by atoms with E-state index in [1.54, 1.807) is 28.2 Å². The quantitative estimate of drug-likeness (QED) is 0.590. The number of carbonyl (C=O) groups excluding carboxylic acids is 1. The van der Waals surface area contributed by atoms with Crippen molar-refractivity contribution in [2.24, 2.45) is 11.8 Å². The van der Waals surface area contributed by atoms with E-state index in [0.717, 1.165) is 10.8 Å². The molecule has 0 saturated carbocycles. The van der Waals surface area contributed by atoms with Crippen LogP contribution in [-0.4, -0.2) is 43.4 Å². The average molecular weight is 374 g/mol. The highest BCUT2D eigenvalue weighted by Crippen LogP contribution is 2.32. The molecule has 140 valence electrons. The number of hydrogen-bond acceptors (Lipinski definition) is 5. The van der Waals surface area contributed by atoms with E-state index in [1.807, 2.05) is 19.9 Å². The van der Waals surface area contributed by atoms with E-state index in [1.165, 1.54) is 0 Å². The molecule has 1 unspecified atom stereocenters. The van der Waals surface area contributed by atoms with Crippen molar-refractivity contribution >= 4 is 38.7 Å². The Morgan fingerprint density at radius 3 is 2.82 bits per heavy atom. The molecular formula is C20H18N6O2. The molecule has 1 fully saturated rings. The maximum Gasteiger partial charge on any atom is 0.246 e. The first-order valence-corrected chi connectivity index (χ1v) is 9.27. The van der Waals surface area contributed by atoms with E-state index in [-0.39, 0.29) is 23.2 Å². The van der Waals surface area contributed by atoms with Gasteiger partial charge in [0.05, 0.1) is 23.7 Å². The predicted octanol–water partition coefficient (Wildman–Crippen LogP) is 2.04. The molecule has 1 aliphatic rings. The van der Waals surface area contributed by atoms with Crippen LogP contribution in [0.25, 0.3) is 32.8 Å². The second-order valence-corrected chi connectivity index (χ2v) is 7.72. The number of imidazole rings is 1. The van der Waals surface area contributed by atoms with Crippen LogP contribution in [0.1, 0.15) is 19.9 Å². The number of likely N-dealkylation sites (tertiary alicyclic amines) is 1. The zero-order valence-electron chi connectivity index (χ0n) is 15.5. The van der Waals surface area contributed by atoms with Crippen LogP contribution in [0.3, 0.4) is 0 Å². The monoisotopic (exact) mass is 374 g/mol.